The number of benzene rings is 1. The first-order chi connectivity index (χ1) is 13.8. The number of fused-ring (bicyclic) bond motifs is 1. The van der Waals surface area contributed by atoms with E-state index in [2.05, 4.69) is 10.2 Å². The molecule has 0 bridgehead atoms. The molecule has 1 unspecified atom stereocenters. The Kier molecular flexibility index (Phi) is 6.44. The lowest BCUT2D eigenvalue weighted by Crippen LogP contribution is -2.29. The number of primary amides is 1. The van der Waals surface area contributed by atoms with Crippen molar-refractivity contribution in [2.75, 3.05) is 30.4 Å². The minimum absolute atomic E-state index is 0. The third-order valence-corrected chi connectivity index (χ3v) is 6.50. The van der Waals surface area contributed by atoms with Gasteiger partial charge in [-0.25, -0.2) is 4.39 Å². The number of carbonyl (C=O) groups excluding carboxylic acids is 3. The van der Waals surface area contributed by atoms with Gasteiger partial charge in [0.15, 0.2) is 0 Å². The number of rotatable bonds is 4. The first-order valence-electron chi connectivity index (χ1n) is 9.33. The molecule has 3 N–H and O–H groups in total. The van der Waals surface area contributed by atoms with E-state index in [1.54, 1.807) is 0 Å². The van der Waals surface area contributed by atoms with Gasteiger partial charge in [-0.15, -0.1) is 23.7 Å². The number of likely N-dealkylation sites (N-methyl/N-ethyl adjacent to an activating group) is 1. The molecule has 0 aliphatic carbocycles. The highest BCUT2D eigenvalue weighted by molar-refractivity contribution is 7.17. The van der Waals surface area contributed by atoms with E-state index < -0.39 is 11.8 Å². The van der Waals surface area contributed by atoms with Crippen molar-refractivity contribution in [1.82, 2.24) is 4.90 Å². The van der Waals surface area contributed by atoms with E-state index in [0.29, 0.717) is 29.2 Å². The van der Waals surface area contributed by atoms with Gasteiger partial charge >= 0.3 is 0 Å². The average molecular weight is 453 g/mol. The number of amides is 3. The Morgan fingerprint density at radius 3 is 2.63 bits per heavy atom. The van der Waals surface area contributed by atoms with E-state index in [1.807, 2.05) is 7.05 Å². The molecule has 1 saturated heterocycles. The van der Waals surface area contributed by atoms with Crippen molar-refractivity contribution >= 4 is 52.2 Å². The molecule has 160 valence electrons. The molecule has 0 radical (unpaired) electrons. The zero-order valence-corrected chi connectivity index (χ0v) is 17.9. The molecule has 2 aliphatic heterocycles. The third-order valence-electron chi connectivity index (χ3n) is 5.36. The molecule has 30 heavy (non-hydrogen) atoms. The van der Waals surface area contributed by atoms with E-state index >= 15 is 0 Å². The zero-order valence-electron chi connectivity index (χ0n) is 16.3. The molecule has 1 aromatic heterocycles. The van der Waals surface area contributed by atoms with E-state index in [1.165, 1.54) is 40.5 Å². The Morgan fingerprint density at radius 1 is 1.27 bits per heavy atom. The molecule has 1 fully saturated rings. The number of hydrogen-bond acceptors (Lipinski definition) is 5. The second-order valence-electron chi connectivity index (χ2n) is 7.43. The lowest BCUT2D eigenvalue weighted by Gasteiger charge is -2.22. The van der Waals surface area contributed by atoms with Crippen LogP contribution in [0.25, 0.3) is 0 Å². The van der Waals surface area contributed by atoms with Gasteiger partial charge in [-0.3, -0.25) is 14.4 Å². The van der Waals surface area contributed by atoms with Gasteiger partial charge in [-0.05, 0) is 43.3 Å². The minimum Gasteiger partial charge on any atom is -0.365 e. The van der Waals surface area contributed by atoms with E-state index in [0.717, 1.165) is 17.0 Å². The average Bonchev–Trinajstić information content (AvgIpc) is 3.22. The monoisotopic (exact) mass is 452 g/mol. The second-order valence-corrected chi connectivity index (χ2v) is 8.54. The van der Waals surface area contributed by atoms with Gasteiger partial charge in [0.2, 0.25) is 11.8 Å². The molecule has 2 aliphatic rings. The van der Waals surface area contributed by atoms with E-state index in [9.17, 15) is 18.8 Å². The molecule has 1 atom stereocenters. The predicted molar refractivity (Wildman–Crippen MR) is 116 cm³/mol. The largest absolute Gasteiger partial charge is 0.365 e. The van der Waals surface area contributed by atoms with Crippen molar-refractivity contribution in [3.8, 4) is 0 Å². The Hall–Kier alpha value is -2.49. The molecule has 1 aromatic carbocycles. The molecule has 0 saturated carbocycles. The Morgan fingerprint density at radius 2 is 1.97 bits per heavy atom. The lowest BCUT2D eigenvalue weighted by molar-refractivity contribution is -0.122. The number of thiophene rings is 1. The van der Waals surface area contributed by atoms with Gasteiger partial charge < -0.3 is 20.9 Å². The standard InChI is InChI=1S/C20H21FN4O3S.ClH/c1-24-7-6-14-15(10-24)29-20(17(14)18(22)27)23-19(28)11-8-16(26)25(9-11)13-4-2-12(21)3-5-13;/h2-5,11H,6-10H2,1H3,(H2,22,27)(H,23,28);1H. The van der Waals surface area contributed by atoms with Crippen molar-refractivity contribution in [3.63, 3.8) is 0 Å². The molecule has 3 amide bonds. The van der Waals surface area contributed by atoms with E-state index in [4.69, 9.17) is 5.73 Å². The summed E-state index contributed by atoms with van der Waals surface area (Å²) in [5.41, 5.74) is 7.43. The fourth-order valence-corrected chi connectivity index (χ4v) is 5.18. The minimum atomic E-state index is -0.560. The Labute approximate surface area is 183 Å². The highest BCUT2D eigenvalue weighted by atomic mass is 35.5. The fraction of sp³-hybridized carbons (Fsp3) is 0.350. The number of nitrogens with one attached hydrogen (secondary N) is 1. The molecule has 0 spiro atoms. The van der Waals surface area contributed by atoms with Crippen LogP contribution in [0.15, 0.2) is 24.3 Å². The quantitative estimate of drug-likeness (QED) is 0.744. The number of carbonyl (C=O) groups is 3. The van der Waals surface area contributed by atoms with Crippen molar-refractivity contribution in [1.29, 1.82) is 0 Å². The van der Waals surface area contributed by atoms with Gasteiger partial charge in [0, 0.05) is 36.6 Å². The maximum absolute atomic E-state index is 13.1. The van der Waals surface area contributed by atoms with Gasteiger partial charge in [0.05, 0.1) is 11.5 Å². The third kappa shape index (κ3) is 4.19. The van der Waals surface area contributed by atoms with Gasteiger partial charge in [-0.1, -0.05) is 0 Å². The van der Waals surface area contributed by atoms with Gasteiger partial charge in [0.1, 0.15) is 10.8 Å². The summed E-state index contributed by atoms with van der Waals surface area (Å²) in [5, 5.41) is 3.28. The summed E-state index contributed by atoms with van der Waals surface area (Å²) >= 11 is 1.37. The molecule has 3 heterocycles. The van der Waals surface area contributed by atoms with Crippen LogP contribution in [0.3, 0.4) is 0 Å². The van der Waals surface area contributed by atoms with Crippen molar-refractivity contribution in [2.24, 2.45) is 11.7 Å². The van der Waals surface area contributed by atoms with Crippen LogP contribution in [0.2, 0.25) is 0 Å². The second kappa shape index (κ2) is 8.71. The first-order valence-corrected chi connectivity index (χ1v) is 10.1. The van der Waals surface area contributed by atoms with Crippen LogP contribution in [0, 0.1) is 11.7 Å². The molecule has 2 aromatic rings. The lowest BCUT2D eigenvalue weighted by atomic mass is 10.0. The van der Waals surface area contributed by atoms with Crippen molar-refractivity contribution in [3.05, 3.63) is 46.1 Å². The summed E-state index contributed by atoms with van der Waals surface area (Å²) in [4.78, 5) is 41.9. The SMILES string of the molecule is CN1CCc2c(sc(NC(=O)C3CC(=O)N(c4ccc(F)cc4)C3)c2C(N)=O)C1.Cl. The fourth-order valence-electron chi connectivity index (χ4n) is 3.85. The van der Waals surface area contributed by atoms with Crippen LogP contribution in [-0.4, -0.2) is 42.8 Å². The molecule has 4 rings (SSSR count). The molecule has 7 nitrogen and oxygen atoms in total. The number of halogens is 2. The normalized spacial score (nSPS) is 18.7. The van der Waals surface area contributed by atoms with Crippen LogP contribution in [0.4, 0.5) is 15.1 Å². The van der Waals surface area contributed by atoms with Crippen LogP contribution in [0.5, 0.6) is 0 Å². The first kappa shape index (κ1) is 22.2. The number of anilines is 2. The summed E-state index contributed by atoms with van der Waals surface area (Å²) in [6.07, 6.45) is 0.764. The molecule has 10 heteroatoms. The Balaban J connectivity index is 0.00000256. The van der Waals surface area contributed by atoms with Crippen molar-refractivity contribution < 1.29 is 18.8 Å². The molecular formula is C20H22ClFN4O3S. The topological polar surface area (TPSA) is 95.7 Å². The number of nitrogens with zero attached hydrogens (tertiary/aromatic N) is 2. The highest BCUT2D eigenvalue weighted by Crippen LogP contribution is 2.37. The Bertz CT molecular complexity index is 995. The smallest absolute Gasteiger partial charge is 0.251 e. The highest BCUT2D eigenvalue weighted by Gasteiger charge is 2.36. The predicted octanol–water partition coefficient (Wildman–Crippen LogP) is 2.39. The van der Waals surface area contributed by atoms with Crippen molar-refractivity contribution in [2.45, 2.75) is 19.4 Å². The summed E-state index contributed by atoms with van der Waals surface area (Å²) in [6, 6.07) is 5.59. The summed E-state index contributed by atoms with van der Waals surface area (Å²) in [7, 11) is 2.00. The van der Waals surface area contributed by atoms with Crippen LogP contribution in [-0.2, 0) is 22.6 Å². The molecular weight excluding hydrogens is 431 g/mol. The zero-order chi connectivity index (χ0) is 20.7. The summed E-state index contributed by atoms with van der Waals surface area (Å²) < 4.78 is 13.1. The van der Waals surface area contributed by atoms with Gasteiger partial charge in [-0.2, -0.15) is 0 Å². The number of nitrogens with two attached hydrogens (primary N) is 1. The maximum atomic E-state index is 13.1. The summed E-state index contributed by atoms with van der Waals surface area (Å²) in [5.74, 6) is -2.02. The number of hydrogen-bond donors (Lipinski definition) is 2. The van der Waals surface area contributed by atoms with E-state index in [-0.39, 0.29) is 43.0 Å². The van der Waals surface area contributed by atoms with Crippen LogP contribution < -0.4 is 16.0 Å². The van der Waals surface area contributed by atoms with Crippen LogP contribution in [0.1, 0.15) is 27.2 Å². The van der Waals surface area contributed by atoms with Gasteiger partial charge in [0.25, 0.3) is 5.91 Å². The maximum Gasteiger partial charge on any atom is 0.251 e. The summed E-state index contributed by atoms with van der Waals surface area (Å²) in [6.45, 7) is 1.73. The van der Waals surface area contributed by atoms with Crippen LogP contribution >= 0.6 is 23.7 Å².